The summed E-state index contributed by atoms with van der Waals surface area (Å²) in [7, 11) is 1.56. The number of benzene rings is 1. The van der Waals surface area contributed by atoms with Crippen LogP contribution < -0.4 is 15.4 Å². The van der Waals surface area contributed by atoms with Crippen molar-refractivity contribution in [3.8, 4) is 11.5 Å². The fraction of sp³-hybridized carbons (Fsp3) is 0.450. The highest BCUT2D eigenvalue weighted by molar-refractivity contribution is 5.79. The number of aryl methyl sites for hydroxylation is 1. The molecule has 27 heavy (non-hydrogen) atoms. The standard InChI is InChI=1S/C20H29N3O4/c1-5-21-19(23-13-20(3,25)18-9-6-14(2)27-18)22-11-10-15-7-8-16(26-4)12-17(15)24/h6-9,12,24-25H,5,10-11,13H2,1-4H3,(H2,21,22,23). The number of furan rings is 1. The minimum Gasteiger partial charge on any atom is -0.508 e. The molecule has 0 fully saturated rings. The Morgan fingerprint density at radius 3 is 2.63 bits per heavy atom. The molecule has 7 heteroatoms. The van der Waals surface area contributed by atoms with Crippen molar-refractivity contribution in [2.24, 2.45) is 4.99 Å². The average Bonchev–Trinajstić information content (AvgIpc) is 3.08. The van der Waals surface area contributed by atoms with E-state index < -0.39 is 5.60 Å². The van der Waals surface area contributed by atoms with E-state index in [4.69, 9.17) is 9.15 Å². The highest BCUT2D eigenvalue weighted by Gasteiger charge is 2.26. The second-order valence-electron chi connectivity index (χ2n) is 6.55. The molecule has 1 aromatic heterocycles. The molecule has 0 aliphatic carbocycles. The summed E-state index contributed by atoms with van der Waals surface area (Å²) in [5.41, 5.74) is -0.373. The number of nitrogens with zero attached hydrogens (tertiary/aromatic N) is 1. The number of aromatic hydroxyl groups is 1. The monoisotopic (exact) mass is 375 g/mol. The molecule has 7 nitrogen and oxygen atoms in total. The zero-order valence-corrected chi connectivity index (χ0v) is 16.4. The first-order valence-electron chi connectivity index (χ1n) is 9.03. The van der Waals surface area contributed by atoms with E-state index in [1.807, 2.05) is 32.0 Å². The highest BCUT2D eigenvalue weighted by Crippen LogP contribution is 2.24. The smallest absolute Gasteiger partial charge is 0.191 e. The van der Waals surface area contributed by atoms with E-state index in [2.05, 4.69) is 15.6 Å². The van der Waals surface area contributed by atoms with Gasteiger partial charge in [0.1, 0.15) is 28.6 Å². The van der Waals surface area contributed by atoms with Gasteiger partial charge in [-0.2, -0.15) is 0 Å². The van der Waals surface area contributed by atoms with Gasteiger partial charge in [0, 0.05) is 19.2 Å². The summed E-state index contributed by atoms with van der Waals surface area (Å²) < 4.78 is 10.6. The van der Waals surface area contributed by atoms with E-state index >= 15 is 0 Å². The van der Waals surface area contributed by atoms with Crippen molar-refractivity contribution in [1.82, 2.24) is 10.6 Å². The van der Waals surface area contributed by atoms with Crippen LogP contribution >= 0.6 is 0 Å². The van der Waals surface area contributed by atoms with Crippen molar-refractivity contribution in [3.63, 3.8) is 0 Å². The van der Waals surface area contributed by atoms with E-state index in [0.717, 1.165) is 11.3 Å². The van der Waals surface area contributed by atoms with Crippen molar-refractivity contribution < 1.29 is 19.4 Å². The van der Waals surface area contributed by atoms with Crippen LogP contribution in [-0.2, 0) is 12.0 Å². The zero-order chi connectivity index (χ0) is 19.9. The van der Waals surface area contributed by atoms with Crippen molar-refractivity contribution in [3.05, 3.63) is 47.4 Å². The number of aliphatic imine (C=N–C) groups is 1. The SMILES string of the molecule is CCNC(=NCC(C)(O)c1ccc(C)o1)NCCc1ccc(OC)cc1O. The summed E-state index contributed by atoms with van der Waals surface area (Å²) in [4.78, 5) is 4.45. The topological polar surface area (TPSA) is 99.3 Å². The minimum absolute atomic E-state index is 0.156. The molecule has 1 aromatic carbocycles. The molecule has 0 amide bonds. The van der Waals surface area contributed by atoms with Crippen LogP contribution in [-0.4, -0.2) is 42.9 Å². The van der Waals surface area contributed by atoms with E-state index in [9.17, 15) is 10.2 Å². The van der Waals surface area contributed by atoms with Gasteiger partial charge in [0.15, 0.2) is 5.96 Å². The van der Waals surface area contributed by atoms with Crippen LogP contribution in [0, 0.1) is 6.92 Å². The molecule has 0 bridgehead atoms. The lowest BCUT2D eigenvalue weighted by molar-refractivity contribution is 0.0428. The summed E-state index contributed by atoms with van der Waals surface area (Å²) in [6.45, 7) is 6.91. The molecule has 0 saturated heterocycles. The molecule has 1 atom stereocenters. The Labute approximate surface area is 160 Å². The Kier molecular flexibility index (Phi) is 7.12. The first-order chi connectivity index (χ1) is 12.9. The van der Waals surface area contributed by atoms with Crippen LogP contribution in [0.3, 0.4) is 0 Å². The van der Waals surface area contributed by atoms with Gasteiger partial charge < -0.3 is 30.0 Å². The first kappa shape index (κ1) is 20.6. The van der Waals surface area contributed by atoms with Gasteiger partial charge in [0.25, 0.3) is 0 Å². The number of guanidine groups is 1. The fourth-order valence-electron chi connectivity index (χ4n) is 2.57. The second-order valence-corrected chi connectivity index (χ2v) is 6.55. The molecule has 0 aliphatic heterocycles. The number of phenolic OH excluding ortho intramolecular Hbond substituents is 1. The zero-order valence-electron chi connectivity index (χ0n) is 16.4. The molecule has 2 rings (SSSR count). The maximum Gasteiger partial charge on any atom is 0.191 e. The van der Waals surface area contributed by atoms with Crippen LogP contribution in [0.15, 0.2) is 39.7 Å². The molecule has 4 N–H and O–H groups in total. The largest absolute Gasteiger partial charge is 0.508 e. The number of phenols is 1. The van der Waals surface area contributed by atoms with Gasteiger partial charge in [-0.3, -0.25) is 0 Å². The highest BCUT2D eigenvalue weighted by atomic mass is 16.5. The molecule has 0 radical (unpaired) electrons. The molecular weight excluding hydrogens is 346 g/mol. The molecule has 0 aliphatic rings. The maximum atomic E-state index is 10.6. The Hall–Kier alpha value is -2.67. The van der Waals surface area contributed by atoms with Gasteiger partial charge in [-0.1, -0.05) is 6.07 Å². The Morgan fingerprint density at radius 1 is 1.26 bits per heavy atom. The molecule has 148 valence electrons. The summed E-state index contributed by atoms with van der Waals surface area (Å²) in [5, 5.41) is 27.0. The average molecular weight is 375 g/mol. The van der Waals surface area contributed by atoms with Crippen molar-refractivity contribution in [2.75, 3.05) is 26.7 Å². The minimum atomic E-state index is -1.19. The third-order valence-corrected chi connectivity index (χ3v) is 4.14. The number of nitrogens with one attached hydrogen (secondary N) is 2. The number of rotatable bonds is 8. The Bertz CT molecular complexity index is 768. The molecule has 2 aromatic rings. The molecule has 1 unspecified atom stereocenters. The summed E-state index contributed by atoms with van der Waals surface area (Å²) in [5.74, 6) is 2.65. The normalized spacial score (nSPS) is 13.9. The lowest BCUT2D eigenvalue weighted by Crippen LogP contribution is -2.39. The predicted octanol–water partition coefficient (Wildman–Crippen LogP) is 2.31. The van der Waals surface area contributed by atoms with Crippen molar-refractivity contribution in [2.45, 2.75) is 32.8 Å². The lowest BCUT2D eigenvalue weighted by atomic mass is 10.0. The number of ether oxygens (including phenoxy) is 1. The first-order valence-corrected chi connectivity index (χ1v) is 9.03. The van der Waals surface area contributed by atoms with Crippen molar-refractivity contribution in [1.29, 1.82) is 0 Å². The third kappa shape index (κ3) is 5.92. The summed E-state index contributed by atoms with van der Waals surface area (Å²) in [6.07, 6.45) is 0.619. The Morgan fingerprint density at radius 2 is 2.04 bits per heavy atom. The maximum absolute atomic E-state index is 10.6. The molecule has 1 heterocycles. The van der Waals surface area contributed by atoms with Gasteiger partial charge >= 0.3 is 0 Å². The molecule has 0 saturated carbocycles. The van der Waals surface area contributed by atoms with Crippen molar-refractivity contribution >= 4 is 5.96 Å². The van der Waals surface area contributed by atoms with E-state index in [1.54, 1.807) is 26.2 Å². The van der Waals surface area contributed by atoms with E-state index in [0.29, 0.717) is 37.0 Å². The van der Waals surface area contributed by atoms with Crippen LogP contribution in [0.5, 0.6) is 11.5 Å². The van der Waals surface area contributed by atoms with E-state index in [1.165, 1.54) is 0 Å². The second kappa shape index (κ2) is 9.32. The van der Waals surface area contributed by atoms with Gasteiger partial charge in [0.05, 0.1) is 13.7 Å². The number of methoxy groups -OCH3 is 1. The van der Waals surface area contributed by atoms with Crippen LogP contribution in [0.25, 0.3) is 0 Å². The van der Waals surface area contributed by atoms with Crippen LogP contribution in [0.4, 0.5) is 0 Å². The number of aliphatic hydroxyl groups is 1. The summed E-state index contributed by atoms with van der Waals surface area (Å²) in [6, 6.07) is 8.83. The molecule has 0 spiro atoms. The van der Waals surface area contributed by atoms with Crippen LogP contribution in [0.2, 0.25) is 0 Å². The number of hydrogen-bond acceptors (Lipinski definition) is 5. The number of hydrogen-bond donors (Lipinski definition) is 4. The van der Waals surface area contributed by atoms with Crippen LogP contribution in [0.1, 0.15) is 30.9 Å². The van der Waals surface area contributed by atoms with Gasteiger partial charge in [-0.15, -0.1) is 0 Å². The lowest BCUT2D eigenvalue weighted by Gasteiger charge is -2.19. The van der Waals surface area contributed by atoms with E-state index in [-0.39, 0.29) is 12.3 Å². The Balaban J connectivity index is 1.95. The van der Waals surface area contributed by atoms with Gasteiger partial charge in [-0.05, 0) is 51.0 Å². The fourth-order valence-corrected chi connectivity index (χ4v) is 2.57. The molecular formula is C20H29N3O4. The third-order valence-electron chi connectivity index (χ3n) is 4.14. The van der Waals surface area contributed by atoms with Gasteiger partial charge in [0.2, 0.25) is 0 Å². The quantitative estimate of drug-likeness (QED) is 0.417. The van der Waals surface area contributed by atoms with Gasteiger partial charge in [-0.25, -0.2) is 4.99 Å². The predicted molar refractivity (Wildman–Crippen MR) is 105 cm³/mol. The summed E-state index contributed by atoms with van der Waals surface area (Å²) >= 11 is 0.